The van der Waals surface area contributed by atoms with Gasteiger partial charge in [-0.15, -0.1) is 0 Å². The number of carbonyl (C=O) groups is 1. The van der Waals surface area contributed by atoms with Crippen molar-refractivity contribution in [2.45, 2.75) is 12.7 Å². The topological polar surface area (TPSA) is 41.6 Å². The second-order valence-corrected chi connectivity index (χ2v) is 5.61. The highest BCUT2D eigenvalue weighted by molar-refractivity contribution is 5.93. The van der Waals surface area contributed by atoms with Gasteiger partial charge < -0.3 is 10.1 Å². The highest BCUT2D eigenvalue weighted by Crippen LogP contribution is 2.26. The largest absolute Gasteiger partial charge is 0.482 e. The summed E-state index contributed by atoms with van der Waals surface area (Å²) in [7, 11) is 1.79. The van der Waals surface area contributed by atoms with Crippen molar-refractivity contribution in [2.24, 2.45) is 0 Å². The van der Waals surface area contributed by atoms with E-state index in [0.29, 0.717) is 6.54 Å². The molecule has 25 heavy (non-hydrogen) atoms. The molecule has 0 saturated heterocycles. The van der Waals surface area contributed by atoms with E-state index < -0.39 is 12.8 Å². The second kappa shape index (κ2) is 8.53. The van der Waals surface area contributed by atoms with Gasteiger partial charge in [-0.3, -0.25) is 9.69 Å². The lowest BCUT2D eigenvalue weighted by molar-refractivity contribution is -0.153. The van der Waals surface area contributed by atoms with E-state index in [1.807, 2.05) is 35.2 Å². The minimum absolute atomic E-state index is 0.0149. The number of rotatable bonds is 7. The number of nitrogens with one attached hydrogen (secondary N) is 1. The van der Waals surface area contributed by atoms with Crippen molar-refractivity contribution in [3.63, 3.8) is 0 Å². The van der Waals surface area contributed by atoms with Gasteiger partial charge in [-0.05, 0) is 24.7 Å². The second-order valence-electron chi connectivity index (χ2n) is 5.61. The Labute approximate surface area is 144 Å². The van der Waals surface area contributed by atoms with Crippen LogP contribution >= 0.6 is 0 Å². The Hall–Kier alpha value is -2.54. The molecule has 0 unspecified atom stereocenters. The number of ether oxygens (including phenoxy) is 1. The molecule has 0 aliphatic rings. The number of nitrogens with zero attached hydrogens (tertiary/aromatic N) is 1. The predicted octanol–water partition coefficient (Wildman–Crippen LogP) is 3.70. The molecule has 0 spiro atoms. The number of para-hydroxylation sites is 2. The third-order valence-corrected chi connectivity index (χ3v) is 3.26. The van der Waals surface area contributed by atoms with E-state index in [4.69, 9.17) is 4.74 Å². The summed E-state index contributed by atoms with van der Waals surface area (Å²) in [5.41, 5.74) is 1.27. The van der Waals surface area contributed by atoms with Crippen molar-refractivity contribution in [1.82, 2.24) is 4.90 Å². The van der Waals surface area contributed by atoms with Crippen LogP contribution in [0.3, 0.4) is 0 Å². The molecule has 0 heterocycles. The molecule has 2 aromatic rings. The number of hydrogen-bond donors (Lipinski definition) is 1. The van der Waals surface area contributed by atoms with E-state index >= 15 is 0 Å². The zero-order chi connectivity index (χ0) is 18.3. The molecule has 0 atom stereocenters. The first kappa shape index (κ1) is 18.8. The highest BCUT2D eigenvalue weighted by atomic mass is 19.4. The number of benzene rings is 2. The van der Waals surface area contributed by atoms with Crippen molar-refractivity contribution in [3.8, 4) is 5.75 Å². The molecule has 134 valence electrons. The smallest absolute Gasteiger partial charge is 0.422 e. The fraction of sp³-hybridized carbons (Fsp3) is 0.278. The molecule has 7 heteroatoms. The van der Waals surface area contributed by atoms with Crippen LogP contribution in [0.1, 0.15) is 5.56 Å². The summed E-state index contributed by atoms with van der Waals surface area (Å²) in [5, 5.41) is 2.59. The van der Waals surface area contributed by atoms with Crippen LogP contribution < -0.4 is 10.1 Å². The van der Waals surface area contributed by atoms with Crippen molar-refractivity contribution in [2.75, 3.05) is 25.5 Å². The molecular formula is C18H19F3N2O2. The summed E-state index contributed by atoms with van der Waals surface area (Å²) >= 11 is 0. The number of carbonyl (C=O) groups excluding carboxylic acids is 1. The first-order valence-corrected chi connectivity index (χ1v) is 7.64. The molecule has 1 N–H and O–H groups in total. The van der Waals surface area contributed by atoms with Crippen molar-refractivity contribution in [1.29, 1.82) is 0 Å². The van der Waals surface area contributed by atoms with Gasteiger partial charge in [-0.25, -0.2) is 0 Å². The molecule has 0 aliphatic carbocycles. The van der Waals surface area contributed by atoms with Gasteiger partial charge in [-0.1, -0.05) is 42.5 Å². The SMILES string of the molecule is CN(CC(=O)Nc1ccccc1OCC(F)(F)F)Cc1ccccc1. The van der Waals surface area contributed by atoms with Gasteiger partial charge in [0.1, 0.15) is 5.75 Å². The van der Waals surface area contributed by atoms with Gasteiger partial charge in [0.2, 0.25) is 5.91 Å². The number of hydrogen-bond acceptors (Lipinski definition) is 3. The predicted molar refractivity (Wildman–Crippen MR) is 89.4 cm³/mol. The molecule has 0 bridgehead atoms. The fourth-order valence-electron chi connectivity index (χ4n) is 2.24. The molecule has 0 fully saturated rings. The van der Waals surface area contributed by atoms with Gasteiger partial charge in [0.25, 0.3) is 0 Å². The van der Waals surface area contributed by atoms with Crippen LogP contribution in [0, 0.1) is 0 Å². The first-order valence-electron chi connectivity index (χ1n) is 7.64. The van der Waals surface area contributed by atoms with Crippen LogP contribution in [0.15, 0.2) is 54.6 Å². The Bertz CT molecular complexity index is 690. The molecule has 0 aliphatic heterocycles. The van der Waals surface area contributed by atoms with Crippen LogP contribution in [0.25, 0.3) is 0 Å². The summed E-state index contributed by atoms with van der Waals surface area (Å²) in [4.78, 5) is 13.9. The van der Waals surface area contributed by atoms with E-state index in [-0.39, 0.29) is 23.9 Å². The normalized spacial score (nSPS) is 11.4. The van der Waals surface area contributed by atoms with Crippen LogP contribution in [0.2, 0.25) is 0 Å². The van der Waals surface area contributed by atoms with Crippen LogP contribution in [0.4, 0.5) is 18.9 Å². The first-order chi connectivity index (χ1) is 11.8. The Morgan fingerprint density at radius 1 is 1.08 bits per heavy atom. The van der Waals surface area contributed by atoms with Crippen LogP contribution in [-0.4, -0.2) is 37.2 Å². The lowest BCUT2D eigenvalue weighted by Gasteiger charge is -2.18. The fourth-order valence-corrected chi connectivity index (χ4v) is 2.24. The lowest BCUT2D eigenvalue weighted by atomic mass is 10.2. The monoisotopic (exact) mass is 352 g/mol. The minimum atomic E-state index is -4.44. The van der Waals surface area contributed by atoms with Crippen molar-refractivity contribution < 1.29 is 22.7 Å². The maximum atomic E-state index is 12.3. The van der Waals surface area contributed by atoms with E-state index in [2.05, 4.69) is 5.32 Å². The quantitative estimate of drug-likeness (QED) is 0.826. The molecule has 0 aromatic heterocycles. The highest BCUT2D eigenvalue weighted by Gasteiger charge is 2.28. The summed E-state index contributed by atoms with van der Waals surface area (Å²) in [5.74, 6) is -0.347. The van der Waals surface area contributed by atoms with Gasteiger partial charge in [-0.2, -0.15) is 13.2 Å². The number of amides is 1. The molecule has 2 rings (SSSR count). The molecular weight excluding hydrogens is 333 g/mol. The van der Waals surface area contributed by atoms with Gasteiger partial charge in [0.15, 0.2) is 6.61 Å². The maximum Gasteiger partial charge on any atom is 0.422 e. The zero-order valence-electron chi connectivity index (χ0n) is 13.7. The molecule has 2 aromatic carbocycles. The average molecular weight is 352 g/mol. The number of likely N-dealkylation sites (N-methyl/N-ethyl adjacent to an activating group) is 1. The van der Waals surface area contributed by atoms with Crippen molar-refractivity contribution >= 4 is 11.6 Å². The van der Waals surface area contributed by atoms with Crippen molar-refractivity contribution in [3.05, 3.63) is 60.2 Å². The Morgan fingerprint density at radius 2 is 1.72 bits per heavy atom. The van der Waals surface area contributed by atoms with E-state index in [1.54, 1.807) is 19.2 Å². The molecule has 0 saturated carbocycles. The number of halogens is 3. The lowest BCUT2D eigenvalue weighted by Crippen LogP contribution is -2.30. The third-order valence-electron chi connectivity index (χ3n) is 3.26. The Balaban J connectivity index is 1.91. The minimum Gasteiger partial charge on any atom is -0.482 e. The standard InChI is InChI=1S/C18H19F3N2O2/c1-23(11-14-7-3-2-4-8-14)12-17(24)22-15-9-5-6-10-16(15)25-13-18(19,20)21/h2-10H,11-13H2,1H3,(H,22,24). The maximum absolute atomic E-state index is 12.3. The van der Waals surface area contributed by atoms with E-state index in [1.165, 1.54) is 12.1 Å². The number of anilines is 1. The summed E-state index contributed by atoms with van der Waals surface area (Å²) in [6.07, 6.45) is -4.44. The summed E-state index contributed by atoms with van der Waals surface area (Å²) in [6.45, 7) is -0.725. The molecule has 1 amide bonds. The van der Waals surface area contributed by atoms with Gasteiger partial charge in [0, 0.05) is 6.54 Å². The van der Waals surface area contributed by atoms with Gasteiger partial charge in [0.05, 0.1) is 12.2 Å². The Morgan fingerprint density at radius 3 is 2.40 bits per heavy atom. The Kier molecular flexibility index (Phi) is 6.41. The third kappa shape index (κ3) is 6.84. The summed E-state index contributed by atoms with van der Waals surface area (Å²) < 4.78 is 41.6. The molecule has 0 radical (unpaired) electrons. The van der Waals surface area contributed by atoms with Gasteiger partial charge >= 0.3 is 6.18 Å². The van der Waals surface area contributed by atoms with Crippen LogP contribution in [-0.2, 0) is 11.3 Å². The zero-order valence-corrected chi connectivity index (χ0v) is 13.7. The average Bonchev–Trinajstić information content (AvgIpc) is 2.54. The molecule has 4 nitrogen and oxygen atoms in total. The van der Waals surface area contributed by atoms with E-state index in [0.717, 1.165) is 5.56 Å². The van der Waals surface area contributed by atoms with Crippen LogP contribution in [0.5, 0.6) is 5.75 Å². The summed E-state index contributed by atoms with van der Waals surface area (Å²) in [6, 6.07) is 15.7. The number of alkyl halides is 3. The van der Waals surface area contributed by atoms with E-state index in [9.17, 15) is 18.0 Å².